The third kappa shape index (κ3) is 3.18. The largest absolute Gasteiger partial charge is 0.373 e. The average molecular weight is 537 g/mol. The van der Waals surface area contributed by atoms with Crippen LogP contribution in [0.1, 0.15) is 34.7 Å². The van der Waals surface area contributed by atoms with Crippen LogP contribution in [0.15, 0.2) is 18.2 Å². The van der Waals surface area contributed by atoms with Gasteiger partial charge in [-0.1, -0.05) is 24.6 Å². The summed E-state index contributed by atoms with van der Waals surface area (Å²) in [6.07, 6.45) is 1.48. The van der Waals surface area contributed by atoms with Gasteiger partial charge >= 0.3 is 11.8 Å². The molecule has 2 aliphatic carbocycles. The van der Waals surface area contributed by atoms with Crippen LogP contribution in [0.25, 0.3) is 11.1 Å². The normalized spacial score (nSPS) is 25.1. The molecule has 0 aromatic heterocycles. The molecule has 1 aliphatic heterocycles. The van der Waals surface area contributed by atoms with Crippen molar-refractivity contribution in [3.63, 3.8) is 0 Å². The van der Waals surface area contributed by atoms with E-state index in [1.807, 2.05) is 4.90 Å². The van der Waals surface area contributed by atoms with Gasteiger partial charge in [0.1, 0.15) is 5.82 Å². The van der Waals surface area contributed by atoms with Gasteiger partial charge in [0.15, 0.2) is 0 Å². The molecule has 3 aliphatic rings. The number of aryl methyl sites for hydroxylation is 1. The Hall–Kier alpha value is -1.79. The maximum Gasteiger partial charge on any atom is 0.313 e. The average Bonchev–Trinajstić information content (AvgIpc) is 2.78. The monoisotopic (exact) mass is 536 g/mol. The summed E-state index contributed by atoms with van der Waals surface area (Å²) in [5, 5.41) is 9.44. The van der Waals surface area contributed by atoms with Crippen LogP contribution in [0, 0.1) is 5.82 Å². The van der Waals surface area contributed by atoms with E-state index in [1.165, 1.54) is 4.31 Å². The summed E-state index contributed by atoms with van der Waals surface area (Å²) in [6.45, 7) is 3.33. The molecule has 1 fully saturated rings. The second kappa shape index (κ2) is 7.61. The van der Waals surface area contributed by atoms with Gasteiger partial charge < -0.3 is 5.11 Å². The van der Waals surface area contributed by atoms with Crippen molar-refractivity contribution < 1.29 is 35.5 Å². The van der Waals surface area contributed by atoms with Crippen molar-refractivity contribution in [2.45, 2.75) is 37.3 Å². The van der Waals surface area contributed by atoms with Crippen LogP contribution in [0.2, 0.25) is 5.02 Å². The Morgan fingerprint density at radius 1 is 0.971 bits per heavy atom. The van der Waals surface area contributed by atoms with Gasteiger partial charge in [0.05, 0.1) is 16.8 Å². The Morgan fingerprint density at radius 3 is 2.17 bits per heavy atom. The van der Waals surface area contributed by atoms with E-state index in [9.17, 15) is 31.1 Å². The van der Waals surface area contributed by atoms with Crippen LogP contribution < -0.4 is 0 Å². The van der Waals surface area contributed by atoms with Gasteiger partial charge in [0.25, 0.3) is 0 Å². The molecule has 1 heterocycles. The van der Waals surface area contributed by atoms with Crippen LogP contribution in [-0.4, -0.2) is 55.2 Å². The van der Waals surface area contributed by atoms with Gasteiger partial charge in [-0.2, -0.15) is 21.9 Å². The molecule has 1 atom stereocenters. The topological polar surface area (TPSA) is 60.9 Å². The van der Waals surface area contributed by atoms with E-state index < -0.39 is 55.0 Å². The number of halogens is 6. The van der Waals surface area contributed by atoms with E-state index in [1.54, 1.807) is 13.0 Å². The maximum absolute atomic E-state index is 15.2. The lowest BCUT2D eigenvalue weighted by Gasteiger charge is -2.59. The van der Waals surface area contributed by atoms with Gasteiger partial charge in [-0.05, 0) is 29.7 Å². The van der Waals surface area contributed by atoms with Crippen LogP contribution in [0.5, 0.6) is 0 Å². The molecular weight excluding hydrogens is 515 g/mol. The minimum absolute atomic E-state index is 0.133. The highest BCUT2D eigenvalue weighted by atomic mass is 35.5. The van der Waals surface area contributed by atoms with Crippen molar-refractivity contribution in [1.82, 2.24) is 9.21 Å². The predicted octanol–water partition coefficient (Wildman–Crippen LogP) is 4.18. The summed E-state index contributed by atoms with van der Waals surface area (Å²) in [5.41, 5.74) is -4.83. The predicted molar refractivity (Wildman–Crippen MR) is 120 cm³/mol. The van der Waals surface area contributed by atoms with E-state index in [-0.39, 0.29) is 30.8 Å². The zero-order valence-corrected chi connectivity index (χ0v) is 20.4. The first-order chi connectivity index (χ1) is 16.2. The molecule has 0 bridgehead atoms. The Balaban J connectivity index is 1.49. The molecule has 1 unspecified atom stereocenters. The Morgan fingerprint density at radius 2 is 1.60 bits per heavy atom. The number of hydrogen-bond acceptors (Lipinski definition) is 4. The molecule has 2 aromatic carbocycles. The molecule has 5 nitrogen and oxygen atoms in total. The fourth-order valence-corrected chi connectivity index (χ4v) is 6.52. The van der Waals surface area contributed by atoms with Crippen molar-refractivity contribution in [3.05, 3.63) is 56.9 Å². The van der Waals surface area contributed by atoms with E-state index in [0.717, 1.165) is 18.4 Å². The Labute approximate surface area is 204 Å². The number of hydrogen-bond donors (Lipinski definition) is 1. The van der Waals surface area contributed by atoms with Gasteiger partial charge in [-0.25, -0.2) is 12.8 Å². The van der Waals surface area contributed by atoms with Crippen LogP contribution in [-0.2, 0) is 40.4 Å². The zero-order chi connectivity index (χ0) is 25.7. The molecule has 0 saturated carbocycles. The van der Waals surface area contributed by atoms with Gasteiger partial charge in [0, 0.05) is 55.0 Å². The lowest BCUT2D eigenvalue weighted by molar-refractivity contribution is -0.352. The Kier molecular flexibility index (Phi) is 5.41. The number of sulfonamides is 1. The van der Waals surface area contributed by atoms with Crippen LogP contribution in [0.3, 0.4) is 0 Å². The number of piperazine rings is 1. The number of rotatable bonds is 5. The van der Waals surface area contributed by atoms with Crippen molar-refractivity contribution >= 4 is 21.6 Å². The lowest BCUT2D eigenvalue weighted by atomic mass is 9.53. The van der Waals surface area contributed by atoms with E-state index in [0.29, 0.717) is 30.6 Å². The van der Waals surface area contributed by atoms with Crippen LogP contribution >= 0.6 is 11.6 Å². The summed E-state index contributed by atoms with van der Waals surface area (Å²) in [7, 11) is -3.31. The fraction of sp³-hybridized carbons (Fsp3) is 0.478. The maximum atomic E-state index is 15.2. The summed E-state index contributed by atoms with van der Waals surface area (Å²) in [4.78, 5) is 1.90. The highest BCUT2D eigenvalue weighted by molar-refractivity contribution is 7.88. The second-order valence-corrected chi connectivity index (χ2v) is 11.6. The standard InChI is InChI=1S/C23H22ClF5N2O3S/c1-3-12-8-13(11-30-4-6-31(7-5-30)35(2,33)34)17(25)10-14(12)15-9-16-18-19(20(15)24)23(28,29)21(18,32)22(16,26)27/h8-10,32H,3-7,11H2,1-2H3. The van der Waals surface area contributed by atoms with Gasteiger partial charge in [0.2, 0.25) is 15.6 Å². The molecule has 190 valence electrons. The van der Waals surface area contributed by atoms with E-state index in [4.69, 9.17) is 11.6 Å². The number of alkyl halides is 4. The number of nitrogens with zero attached hydrogens (tertiary/aromatic N) is 2. The first-order valence-electron chi connectivity index (χ1n) is 11.0. The molecule has 1 saturated heterocycles. The highest BCUT2D eigenvalue weighted by Gasteiger charge is 2.86. The zero-order valence-electron chi connectivity index (χ0n) is 18.8. The van der Waals surface area contributed by atoms with Gasteiger partial charge in [-0.3, -0.25) is 4.90 Å². The van der Waals surface area contributed by atoms with Crippen molar-refractivity contribution in [2.75, 3.05) is 32.4 Å². The first kappa shape index (κ1) is 24.9. The number of benzene rings is 2. The minimum Gasteiger partial charge on any atom is -0.373 e. The van der Waals surface area contributed by atoms with Gasteiger partial charge in [-0.15, -0.1) is 0 Å². The SMILES string of the molecule is CCc1cc(CN2CCN(S(C)(=O)=O)CC2)c(F)cc1-c1cc2c3c(c1Cl)C(F)(F)C3(O)C2(F)F. The van der Waals surface area contributed by atoms with E-state index >= 15 is 4.39 Å². The van der Waals surface area contributed by atoms with E-state index in [2.05, 4.69) is 0 Å². The third-order valence-electron chi connectivity index (χ3n) is 7.32. The van der Waals surface area contributed by atoms with Crippen LogP contribution in [0.4, 0.5) is 22.0 Å². The molecule has 0 amide bonds. The lowest BCUT2D eigenvalue weighted by Crippen LogP contribution is -2.70. The molecule has 0 radical (unpaired) electrons. The molecule has 35 heavy (non-hydrogen) atoms. The second-order valence-electron chi connectivity index (χ2n) is 9.29. The molecule has 2 aromatic rings. The molecule has 12 heteroatoms. The molecular formula is C23H22ClF5N2O3S. The number of aliphatic hydroxyl groups is 1. The quantitative estimate of drug-likeness (QED) is 0.582. The summed E-state index contributed by atoms with van der Waals surface area (Å²) in [6, 6.07) is 3.63. The minimum atomic E-state index is -4.23. The molecule has 5 rings (SSSR count). The Bertz CT molecular complexity index is 1360. The summed E-state index contributed by atoms with van der Waals surface area (Å²) in [5.74, 6) is -9.04. The molecule has 0 spiro atoms. The van der Waals surface area contributed by atoms with Crippen molar-refractivity contribution in [3.8, 4) is 11.1 Å². The molecule has 1 N–H and O–H groups in total. The first-order valence-corrected chi connectivity index (χ1v) is 13.2. The third-order valence-corrected chi connectivity index (χ3v) is 9.02. The summed E-state index contributed by atoms with van der Waals surface area (Å²) >= 11 is 6.22. The smallest absolute Gasteiger partial charge is 0.313 e. The fourth-order valence-electron chi connectivity index (χ4n) is 5.33. The van der Waals surface area contributed by atoms with Crippen molar-refractivity contribution in [1.29, 1.82) is 0 Å². The highest BCUT2D eigenvalue weighted by Crippen LogP contribution is 2.76. The van der Waals surface area contributed by atoms with Crippen molar-refractivity contribution in [2.24, 2.45) is 0 Å². The summed E-state index contributed by atoms with van der Waals surface area (Å²) < 4.78 is 98.0.